The van der Waals surface area contributed by atoms with Crippen molar-refractivity contribution in [3.8, 4) is 5.75 Å². The van der Waals surface area contributed by atoms with Crippen LogP contribution in [0.4, 0.5) is 0 Å². The number of hydrogen-bond acceptors (Lipinski definition) is 3. The Morgan fingerprint density at radius 3 is 2.64 bits per heavy atom. The first-order valence-corrected chi connectivity index (χ1v) is 4.26. The maximum atomic E-state index is 9.03. The normalized spacial score (nSPS) is 11.8. The lowest BCUT2D eigenvalue weighted by atomic mass is 10.1. The highest BCUT2D eigenvalue weighted by atomic mass is 16.3. The van der Waals surface area contributed by atoms with Gasteiger partial charge in [-0.3, -0.25) is 0 Å². The summed E-state index contributed by atoms with van der Waals surface area (Å²) >= 11 is 0. The van der Waals surface area contributed by atoms with Gasteiger partial charge in [0.15, 0.2) is 0 Å². The fourth-order valence-corrected chi connectivity index (χ4v) is 1.14. The van der Waals surface area contributed by atoms with Gasteiger partial charge in [0.25, 0.3) is 0 Å². The number of hydrogen-bond donors (Lipinski definition) is 2. The molecule has 0 amide bonds. The van der Waals surface area contributed by atoms with Crippen LogP contribution in [0.25, 0.3) is 10.4 Å². The van der Waals surface area contributed by atoms with E-state index < -0.39 is 0 Å². The van der Waals surface area contributed by atoms with E-state index in [1.807, 2.05) is 0 Å². The van der Waals surface area contributed by atoms with Crippen LogP contribution >= 0.6 is 0 Å². The van der Waals surface area contributed by atoms with E-state index in [0.717, 1.165) is 5.56 Å². The summed E-state index contributed by atoms with van der Waals surface area (Å²) in [5.74, 6) is 0.234. The molecule has 5 heteroatoms. The van der Waals surface area contributed by atoms with Crippen molar-refractivity contribution in [1.29, 1.82) is 0 Å². The second-order valence-electron chi connectivity index (χ2n) is 3.04. The highest BCUT2D eigenvalue weighted by Crippen LogP contribution is 2.10. The van der Waals surface area contributed by atoms with Gasteiger partial charge in [-0.2, -0.15) is 0 Å². The number of nitrogens with zero attached hydrogens (tertiary/aromatic N) is 3. The average Bonchev–Trinajstić information content (AvgIpc) is 2.18. The van der Waals surface area contributed by atoms with Crippen LogP contribution in [0.15, 0.2) is 29.4 Å². The van der Waals surface area contributed by atoms with E-state index in [1.54, 1.807) is 24.3 Å². The van der Waals surface area contributed by atoms with Crippen LogP contribution in [0, 0.1) is 0 Å². The molecule has 0 aromatic heterocycles. The SMILES string of the molecule is [N-]=[N+]=NCC(N)Cc1ccc(O)cc1. The summed E-state index contributed by atoms with van der Waals surface area (Å²) in [6.45, 7) is 0.289. The minimum atomic E-state index is -0.171. The Bertz CT molecular complexity index is 329. The monoisotopic (exact) mass is 192 g/mol. The zero-order valence-electron chi connectivity index (χ0n) is 7.67. The minimum Gasteiger partial charge on any atom is -0.508 e. The second-order valence-corrected chi connectivity index (χ2v) is 3.04. The predicted molar refractivity (Wildman–Crippen MR) is 53.8 cm³/mol. The highest BCUT2D eigenvalue weighted by molar-refractivity contribution is 5.26. The van der Waals surface area contributed by atoms with Crippen LogP contribution < -0.4 is 5.73 Å². The van der Waals surface area contributed by atoms with Crippen molar-refractivity contribution in [2.45, 2.75) is 12.5 Å². The molecule has 0 saturated heterocycles. The van der Waals surface area contributed by atoms with Crippen molar-refractivity contribution in [3.05, 3.63) is 40.3 Å². The fourth-order valence-electron chi connectivity index (χ4n) is 1.14. The number of azide groups is 1. The molecule has 74 valence electrons. The Morgan fingerprint density at radius 2 is 2.07 bits per heavy atom. The molecule has 0 saturated carbocycles. The van der Waals surface area contributed by atoms with Crippen LogP contribution in [-0.4, -0.2) is 17.7 Å². The third kappa shape index (κ3) is 3.35. The molecular formula is C9H12N4O. The molecule has 14 heavy (non-hydrogen) atoms. The van der Waals surface area contributed by atoms with Crippen LogP contribution in [0.2, 0.25) is 0 Å². The van der Waals surface area contributed by atoms with Gasteiger partial charge < -0.3 is 10.8 Å². The summed E-state index contributed by atoms with van der Waals surface area (Å²) in [6.07, 6.45) is 0.638. The first-order chi connectivity index (χ1) is 6.72. The number of phenols is 1. The Balaban J connectivity index is 2.51. The largest absolute Gasteiger partial charge is 0.508 e. The van der Waals surface area contributed by atoms with Gasteiger partial charge in [-0.15, -0.1) is 0 Å². The molecular weight excluding hydrogens is 180 g/mol. The lowest BCUT2D eigenvalue weighted by molar-refractivity contribution is 0.475. The molecule has 1 rings (SSSR count). The Hall–Kier alpha value is -1.71. The zero-order chi connectivity index (χ0) is 10.4. The third-order valence-electron chi connectivity index (χ3n) is 1.81. The van der Waals surface area contributed by atoms with Gasteiger partial charge in [0, 0.05) is 17.5 Å². The van der Waals surface area contributed by atoms with Crippen molar-refractivity contribution >= 4 is 0 Å². The van der Waals surface area contributed by atoms with E-state index in [1.165, 1.54) is 0 Å². The van der Waals surface area contributed by atoms with E-state index in [-0.39, 0.29) is 18.3 Å². The van der Waals surface area contributed by atoms with Gasteiger partial charge in [-0.1, -0.05) is 17.2 Å². The van der Waals surface area contributed by atoms with Gasteiger partial charge >= 0.3 is 0 Å². The fraction of sp³-hybridized carbons (Fsp3) is 0.333. The van der Waals surface area contributed by atoms with E-state index in [9.17, 15) is 0 Å². The van der Waals surface area contributed by atoms with E-state index in [4.69, 9.17) is 16.4 Å². The maximum absolute atomic E-state index is 9.03. The van der Waals surface area contributed by atoms with E-state index >= 15 is 0 Å². The molecule has 1 aromatic carbocycles. The quantitative estimate of drug-likeness (QED) is 0.430. The van der Waals surface area contributed by atoms with Crippen molar-refractivity contribution in [3.63, 3.8) is 0 Å². The standard InChI is InChI=1S/C9H12N4O/c10-8(6-12-13-11)5-7-1-3-9(14)4-2-7/h1-4,8,14H,5-6,10H2. The molecule has 1 atom stereocenters. The smallest absolute Gasteiger partial charge is 0.115 e. The van der Waals surface area contributed by atoms with E-state index in [0.29, 0.717) is 6.42 Å². The van der Waals surface area contributed by atoms with Gasteiger partial charge in [0.05, 0.1) is 0 Å². The molecule has 0 aliphatic heterocycles. The van der Waals surface area contributed by atoms with E-state index in [2.05, 4.69) is 10.0 Å². The second kappa shape index (κ2) is 5.11. The molecule has 0 aliphatic rings. The van der Waals surface area contributed by atoms with Gasteiger partial charge in [0.2, 0.25) is 0 Å². The summed E-state index contributed by atoms with van der Waals surface area (Å²) in [5, 5.41) is 12.4. The summed E-state index contributed by atoms with van der Waals surface area (Å²) in [6, 6.07) is 6.64. The van der Waals surface area contributed by atoms with Gasteiger partial charge in [-0.25, -0.2) is 0 Å². The molecule has 0 fully saturated rings. The molecule has 0 spiro atoms. The number of aromatic hydroxyl groups is 1. The summed E-state index contributed by atoms with van der Waals surface area (Å²) < 4.78 is 0. The van der Waals surface area contributed by atoms with Crippen molar-refractivity contribution in [1.82, 2.24) is 0 Å². The van der Waals surface area contributed by atoms with Crippen LogP contribution in [0.1, 0.15) is 5.56 Å². The zero-order valence-corrected chi connectivity index (χ0v) is 7.67. The minimum absolute atomic E-state index is 0.171. The number of nitrogens with two attached hydrogens (primary N) is 1. The molecule has 0 bridgehead atoms. The first kappa shape index (κ1) is 10.4. The van der Waals surface area contributed by atoms with Crippen molar-refractivity contribution in [2.24, 2.45) is 10.8 Å². The molecule has 1 aromatic rings. The van der Waals surface area contributed by atoms with Crippen LogP contribution in [0.3, 0.4) is 0 Å². The molecule has 0 aliphatic carbocycles. The molecule has 1 unspecified atom stereocenters. The average molecular weight is 192 g/mol. The Morgan fingerprint density at radius 1 is 1.43 bits per heavy atom. The van der Waals surface area contributed by atoms with Gasteiger partial charge in [-0.05, 0) is 29.6 Å². The van der Waals surface area contributed by atoms with Crippen LogP contribution in [0.5, 0.6) is 5.75 Å². The Kier molecular flexibility index (Phi) is 3.79. The van der Waals surface area contributed by atoms with Crippen molar-refractivity contribution in [2.75, 3.05) is 6.54 Å². The summed E-state index contributed by atoms with van der Waals surface area (Å²) in [7, 11) is 0. The maximum Gasteiger partial charge on any atom is 0.115 e. The van der Waals surface area contributed by atoms with Crippen LogP contribution in [-0.2, 0) is 6.42 Å². The lowest BCUT2D eigenvalue weighted by Crippen LogP contribution is -2.25. The molecule has 0 radical (unpaired) electrons. The first-order valence-electron chi connectivity index (χ1n) is 4.26. The summed E-state index contributed by atoms with van der Waals surface area (Å²) in [4.78, 5) is 2.64. The highest BCUT2D eigenvalue weighted by Gasteiger charge is 2.02. The molecule has 3 N–H and O–H groups in total. The third-order valence-corrected chi connectivity index (χ3v) is 1.81. The topological polar surface area (TPSA) is 95.0 Å². The molecule has 5 nitrogen and oxygen atoms in total. The van der Waals surface area contributed by atoms with Gasteiger partial charge in [0.1, 0.15) is 5.75 Å². The van der Waals surface area contributed by atoms with Crippen molar-refractivity contribution < 1.29 is 5.11 Å². The Labute approximate surface area is 81.8 Å². The number of phenolic OH excluding ortho intramolecular Hbond substituents is 1. The number of rotatable bonds is 4. The molecule has 0 heterocycles. The number of benzene rings is 1. The lowest BCUT2D eigenvalue weighted by Gasteiger charge is -2.07. The summed E-state index contributed by atoms with van der Waals surface area (Å²) in [5.41, 5.74) is 14.8. The predicted octanol–water partition coefficient (Wildman–Crippen LogP) is 1.57.